The lowest BCUT2D eigenvalue weighted by molar-refractivity contribution is 0.544. The van der Waals surface area contributed by atoms with Crippen LogP contribution in [0.15, 0.2) is 12.4 Å². The molecule has 1 aromatic rings. The molecule has 1 atom stereocenters. The molecule has 2 N–H and O–H groups in total. The van der Waals surface area contributed by atoms with Gasteiger partial charge in [0, 0.05) is 31.3 Å². The van der Waals surface area contributed by atoms with Crippen molar-refractivity contribution in [3.8, 4) is 0 Å². The number of aryl methyl sites for hydroxylation is 1. The fourth-order valence-electron chi connectivity index (χ4n) is 1.41. The molecule has 0 saturated carbocycles. The van der Waals surface area contributed by atoms with Gasteiger partial charge in [-0.25, -0.2) is 4.98 Å². The predicted octanol–water partition coefficient (Wildman–Crippen LogP) is 1.68. The molecule has 0 aliphatic rings. The van der Waals surface area contributed by atoms with Gasteiger partial charge in [-0.2, -0.15) is 0 Å². The monoisotopic (exact) mass is 197 g/mol. The molecular weight excluding hydrogens is 182 g/mol. The Labute approximate surface area is 84.0 Å². The van der Waals surface area contributed by atoms with Crippen LogP contribution in [0.25, 0.3) is 0 Å². The maximum atomic E-state index is 5.49. The van der Waals surface area contributed by atoms with E-state index in [1.165, 1.54) is 0 Å². The first-order valence-electron chi connectivity index (χ1n) is 4.45. The minimum atomic E-state index is 0.315. The number of nitrogens with zero attached hydrogens (tertiary/aromatic N) is 2. The van der Waals surface area contributed by atoms with Crippen LogP contribution < -0.4 is 5.73 Å². The standard InChI is InChI=1S/C9H15N3S/c1-3-9-11-4-5-12(9)7(2)6-8(10)13/h4-5,7H,3,6H2,1-2H3,(H2,10,13). The van der Waals surface area contributed by atoms with Gasteiger partial charge < -0.3 is 10.3 Å². The summed E-state index contributed by atoms with van der Waals surface area (Å²) in [6.45, 7) is 4.19. The van der Waals surface area contributed by atoms with E-state index in [9.17, 15) is 0 Å². The Morgan fingerprint density at radius 3 is 3.00 bits per heavy atom. The van der Waals surface area contributed by atoms with Crippen molar-refractivity contribution in [1.29, 1.82) is 0 Å². The second-order valence-corrected chi connectivity index (χ2v) is 3.65. The van der Waals surface area contributed by atoms with Gasteiger partial charge in [0.05, 0.1) is 4.99 Å². The van der Waals surface area contributed by atoms with Gasteiger partial charge in [-0.3, -0.25) is 0 Å². The normalized spacial score (nSPS) is 12.8. The zero-order valence-corrected chi connectivity index (χ0v) is 8.84. The number of nitrogens with two attached hydrogens (primary N) is 1. The molecule has 1 rings (SSSR count). The number of hydrogen-bond acceptors (Lipinski definition) is 2. The zero-order valence-electron chi connectivity index (χ0n) is 8.03. The molecule has 1 aromatic heterocycles. The highest BCUT2D eigenvalue weighted by atomic mass is 32.1. The zero-order chi connectivity index (χ0) is 9.84. The van der Waals surface area contributed by atoms with E-state index in [0.29, 0.717) is 11.0 Å². The quantitative estimate of drug-likeness (QED) is 0.747. The molecule has 0 aromatic carbocycles. The number of aromatic nitrogens is 2. The first kappa shape index (κ1) is 10.2. The van der Waals surface area contributed by atoms with Crippen LogP contribution in [-0.4, -0.2) is 14.5 Å². The van der Waals surface area contributed by atoms with E-state index in [4.69, 9.17) is 18.0 Å². The smallest absolute Gasteiger partial charge is 0.108 e. The maximum Gasteiger partial charge on any atom is 0.108 e. The Bertz CT molecular complexity index is 293. The van der Waals surface area contributed by atoms with Gasteiger partial charge in [0.15, 0.2) is 0 Å². The summed E-state index contributed by atoms with van der Waals surface area (Å²) in [6, 6.07) is 0.315. The Morgan fingerprint density at radius 2 is 2.46 bits per heavy atom. The van der Waals surface area contributed by atoms with Gasteiger partial charge in [0.25, 0.3) is 0 Å². The Hall–Kier alpha value is -0.900. The van der Waals surface area contributed by atoms with Crippen LogP contribution in [-0.2, 0) is 6.42 Å². The third kappa shape index (κ3) is 2.52. The molecule has 0 aliphatic carbocycles. The molecule has 0 amide bonds. The van der Waals surface area contributed by atoms with Gasteiger partial charge in [-0.1, -0.05) is 19.1 Å². The molecule has 13 heavy (non-hydrogen) atoms. The fraction of sp³-hybridized carbons (Fsp3) is 0.556. The van der Waals surface area contributed by atoms with E-state index >= 15 is 0 Å². The van der Waals surface area contributed by atoms with E-state index in [1.54, 1.807) is 0 Å². The number of hydrogen-bond donors (Lipinski definition) is 1. The van der Waals surface area contributed by atoms with Crippen molar-refractivity contribution < 1.29 is 0 Å². The van der Waals surface area contributed by atoms with Crippen molar-refractivity contribution in [3.63, 3.8) is 0 Å². The molecule has 0 radical (unpaired) electrons. The highest BCUT2D eigenvalue weighted by Gasteiger charge is 2.08. The average Bonchev–Trinajstić information content (AvgIpc) is 2.49. The minimum Gasteiger partial charge on any atom is -0.393 e. The summed E-state index contributed by atoms with van der Waals surface area (Å²) < 4.78 is 2.12. The lowest BCUT2D eigenvalue weighted by Gasteiger charge is -2.14. The minimum absolute atomic E-state index is 0.315. The van der Waals surface area contributed by atoms with E-state index in [-0.39, 0.29) is 0 Å². The van der Waals surface area contributed by atoms with E-state index in [0.717, 1.165) is 18.7 Å². The van der Waals surface area contributed by atoms with Crippen LogP contribution >= 0.6 is 12.2 Å². The van der Waals surface area contributed by atoms with Crippen LogP contribution in [0.1, 0.15) is 32.1 Å². The van der Waals surface area contributed by atoms with Crippen molar-refractivity contribution in [2.45, 2.75) is 32.7 Å². The summed E-state index contributed by atoms with van der Waals surface area (Å²) in [5, 5.41) is 0. The van der Waals surface area contributed by atoms with Crippen molar-refractivity contribution in [1.82, 2.24) is 9.55 Å². The third-order valence-electron chi connectivity index (χ3n) is 2.04. The largest absolute Gasteiger partial charge is 0.393 e. The molecule has 0 aliphatic heterocycles. The van der Waals surface area contributed by atoms with E-state index in [2.05, 4.69) is 23.4 Å². The first-order valence-corrected chi connectivity index (χ1v) is 4.86. The molecular formula is C9H15N3S. The molecule has 0 spiro atoms. The van der Waals surface area contributed by atoms with Crippen molar-refractivity contribution >= 4 is 17.2 Å². The van der Waals surface area contributed by atoms with Crippen LogP contribution in [0, 0.1) is 0 Å². The summed E-state index contributed by atoms with van der Waals surface area (Å²) in [5.74, 6) is 1.09. The Morgan fingerprint density at radius 1 is 1.77 bits per heavy atom. The van der Waals surface area contributed by atoms with Crippen LogP contribution in [0.4, 0.5) is 0 Å². The average molecular weight is 197 g/mol. The molecule has 1 heterocycles. The van der Waals surface area contributed by atoms with Crippen LogP contribution in [0.3, 0.4) is 0 Å². The molecule has 0 bridgehead atoms. The second-order valence-electron chi connectivity index (χ2n) is 3.12. The lowest BCUT2D eigenvalue weighted by atomic mass is 10.2. The van der Waals surface area contributed by atoms with Crippen LogP contribution in [0.5, 0.6) is 0 Å². The summed E-state index contributed by atoms with van der Waals surface area (Å²) in [5.41, 5.74) is 5.49. The topological polar surface area (TPSA) is 43.8 Å². The van der Waals surface area contributed by atoms with E-state index < -0.39 is 0 Å². The van der Waals surface area contributed by atoms with Gasteiger partial charge in [-0.05, 0) is 6.92 Å². The summed E-state index contributed by atoms with van der Waals surface area (Å²) in [7, 11) is 0. The summed E-state index contributed by atoms with van der Waals surface area (Å²) in [4.78, 5) is 4.80. The SMILES string of the molecule is CCc1nccn1C(C)CC(N)=S. The van der Waals surface area contributed by atoms with Gasteiger partial charge in [-0.15, -0.1) is 0 Å². The predicted molar refractivity (Wildman–Crippen MR) is 57.7 cm³/mol. The molecule has 0 fully saturated rings. The fourth-order valence-corrected chi connectivity index (χ4v) is 1.65. The maximum absolute atomic E-state index is 5.49. The first-order chi connectivity index (χ1) is 6.15. The second kappa shape index (κ2) is 4.37. The van der Waals surface area contributed by atoms with Crippen LogP contribution in [0.2, 0.25) is 0 Å². The summed E-state index contributed by atoms with van der Waals surface area (Å²) in [6.07, 6.45) is 5.46. The molecule has 72 valence electrons. The number of thiocarbonyl (C=S) groups is 1. The summed E-state index contributed by atoms with van der Waals surface area (Å²) >= 11 is 4.87. The Balaban J connectivity index is 2.75. The molecule has 0 saturated heterocycles. The van der Waals surface area contributed by atoms with Gasteiger partial charge >= 0.3 is 0 Å². The third-order valence-corrected chi connectivity index (χ3v) is 2.20. The van der Waals surface area contributed by atoms with Crippen molar-refractivity contribution in [2.24, 2.45) is 5.73 Å². The number of imidazole rings is 1. The molecule has 4 heteroatoms. The van der Waals surface area contributed by atoms with Gasteiger partial charge in [0.1, 0.15) is 5.82 Å². The van der Waals surface area contributed by atoms with Crippen molar-refractivity contribution in [2.75, 3.05) is 0 Å². The molecule has 3 nitrogen and oxygen atoms in total. The number of rotatable bonds is 4. The highest BCUT2D eigenvalue weighted by Crippen LogP contribution is 2.13. The van der Waals surface area contributed by atoms with Gasteiger partial charge in [0.2, 0.25) is 0 Å². The highest BCUT2D eigenvalue weighted by molar-refractivity contribution is 7.80. The van der Waals surface area contributed by atoms with E-state index in [1.807, 2.05) is 12.4 Å². The molecule has 1 unspecified atom stereocenters. The lowest BCUT2D eigenvalue weighted by Crippen LogP contribution is -2.16. The van der Waals surface area contributed by atoms with Crippen molar-refractivity contribution in [3.05, 3.63) is 18.2 Å². The Kier molecular flexibility index (Phi) is 3.42.